The van der Waals surface area contributed by atoms with Gasteiger partial charge in [0.15, 0.2) is 6.10 Å². The van der Waals surface area contributed by atoms with E-state index in [1.54, 1.807) is 46.6 Å². The average Bonchev–Trinajstić information content (AvgIpc) is 3.27. The quantitative estimate of drug-likeness (QED) is 0.585. The van der Waals surface area contributed by atoms with Gasteiger partial charge in [0.1, 0.15) is 11.6 Å². The molecule has 0 saturated carbocycles. The number of ether oxygens (including phenoxy) is 1. The van der Waals surface area contributed by atoms with Crippen LogP contribution in [0.3, 0.4) is 0 Å². The summed E-state index contributed by atoms with van der Waals surface area (Å²) in [5, 5.41) is 3.99. The van der Waals surface area contributed by atoms with Crippen LogP contribution in [0.25, 0.3) is 0 Å². The molecule has 1 unspecified atom stereocenters. The summed E-state index contributed by atoms with van der Waals surface area (Å²) >= 11 is 3.24. The van der Waals surface area contributed by atoms with Gasteiger partial charge in [-0.25, -0.2) is 4.39 Å². The molecule has 1 amide bonds. The van der Waals surface area contributed by atoms with Gasteiger partial charge in [0.05, 0.1) is 13.1 Å². The van der Waals surface area contributed by atoms with E-state index in [-0.39, 0.29) is 11.7 Å². The monoisotopic (exact) mass is 375 g/mol. The van der Waals surface area contributed by atoms with Crippen LogP contribution in [0.4, 0.5) is 4.39 Å². The molecule has 25 heavy (non-hydrogen) atoms. The SMILES string of the molecule is CC(Oc1cccc(F)c1)C(=O)N(Cc1cccs1)Cc1cccs1. The van der Waals surface area contributed by atoms with Gasteiger partial charge in [-0.1, -0.05) is 18.2 Å². The Hall–Kier alpha value is -2.18. The van der Waals surface area contributed by atoms with Crippen LogP contribution in [-0.2, 0) is 17.9 Å². The van der Waals surface area contributed by atoms with Crippen molar-refractivity contribution >= 4 is 28.6 Å². The maximum atomic E-state index is 13.3. The van der Waals surface area contributed by atoms with Crippen molar-refractivity contribution in [3.8, 4) is 5.75 Å². The first-order valence-corrected chi connectivity index (χ1v) is 9.63. The van der Waals surface area contributed by atoms with Gasteiger partial charge in [0.25, 0.3) is 5.91 Å². The molecule has 0 aliphatic rings. The molecule has 0 bridgehead atoms. The van der Waals surface area contributed by atoms with Gasteiger partial charge in [-0.3, -0.25) is 4.79 Å². The van der Waals surface area contributed by atoms with Gasteiger partial charge in [-0.15, -0.1) is 22.7 Å². The van der Waals surface area contributed by atoms with Crippen LogP contribution in [0.5, 0.6) is 5.75 Å². The van der Waals surface area contributed by atoms with E-state index in [0.29, 0.717) is 18.8 Å². The molecule has 3 nitrogen and oxygen atoms in total. The second-order valence-corrected chi connectivity index (χ2v) is 7.63. The molecular formula is C19H18FNO2S2. The molecular weight excluding hydrogens is 357 g/mol. The number of thiophene rings is 2. The number of hydrogen-bond donors (Lipinski definition) is 0. The Balaban J connectivity index is 1.72. The lowest BCUT2D eigenvalue weighted by molar-refractivity contribution is -0.139. The Bertz CT molecular complexity index is 766. The molecule has 3 aromatic rings. The number of amides is 1. The summed E-state index contributed by atoms with van der Waals surface area (Å²) in [4.78, 5) is 16.9. The fourth-order valence-electron chi connectivity index (χ4n) is 2.45. The molecule has 0 aliphatic heterocycles. The fourth-order valence-corrected chi connectivity index (χ4v) is 3.88. The van der Waals surface area contributed by atoms with Crippen molar-refractivity contribution in [2.24, 2.45) is 0 Å². The number of carbonyl (C=O) groups excluding carboxylic acids is 1. The van der Waals surface area contributed by atoms with Gasteiger partial charge in [-0.2, -0.15) is 0 Å². The van der Waals surface area contributed by atoms with Crippen LogP contribution in [0, 0.1) is 5.82 Å². The van der Waals surface area contributed by atoms with Crippen LogP contribution < -0.4 is 4.74 Å². The van der Waals surface area contributed by atoms with Crippen LogP contribution in [0.1, 0.15) is 16.7 Å². The average molecular weight is 375 g/mol. The Labute approximate surface area is 154 Å². The van der Waals surface area contributed by atoms with E-state index < -0.39 is 6.10 Å². The minimum atomic E-state index is -0.693. The molecule has 1 aromatic carbocycles. The third kappa shape index (κ3) is 4.90. The second-order valence-electron chi connectivity index (χ2n) is 5.57. The summed E-state index contributed by atoms with van der Waals surface area (Å²) in [6.07, 6.45) is -0.693. The summed E-state index contributed by atoms with van der Waals surface area (Å²) in [7, 11) is 0. The van der Waals surface area contributed by atoms with Crippen LogP contribution in [0.2, 0.25) is 0 Å². The van der Waals surface area contributed by atoms with Crippen molar-refractivity contribution in [1.82, 2.24) is 4.90 Å². The number of nitrogens with zero attached hydrogens (tertiary/aromatic N) is 1. The van der Waals surface area contributed by atoms with E-state index >= 15 is 0 Å². The third-order valence-corrected chi connectivity index (χ3v) is 5.34. The Morgan fingerprint density at radius 2 is 1.72 bits per heavy atom. The maximum absolute atomic E-state index is 13.3. The lowest BCUT2D eigenvalue weighted by atomic mass is 10.2. The third-order valence-electron chi connectivity index (χ3n) is 3.62. The zero-order valence-corrected chi connectivity index (χ0v) is 15.4. The minimum absolute atomic E-state index is 0.119. The molecule has 3 rings (SSSR count). The van der Waals surface area contributed by atoms with Crippen LogP contribution in [-0.4, -0.2) is 16.9 Å². The zero-order chi connectivity index (χ0) is 17.6. The number of halogens is 1. The predicted octanol–water partition coefficient (Wildman–Crippen LogP) is 4.95. The van der Waals surface area contributed by atoms with Crippen molar-refractivity contribution in [3.63, 3.8) is 0 Å². The molecule has 0 radical (unpaired) electrons. The van der Waals surface area contributed by atoms with E-state index in [9.17, 15) is 9.18 Å². The highest BCUT2D eigenvalue weighted by atomic mass is 32.1. The lowest BCUT2D eigenvalue weighted by Crippen LogP contribution is -2.39. The highest BCUT2D eigenvalue weighted by Gasteiger charge is 2.23. The van der Waals surface area contributed by atoms with Crippen molar-refractivity contribution < 1.29 is 13.9 Å². The van der Waals surface area contributed by atoms with E-state index in [4.69, 9.17) is 4.74 Å². The lowest BCUT2D eigenvalue weighted by Gasteiger charge is -2.25. The second kappa shape index (κ2) is 8.27. The van der Waals surface area contributed by atoms with E-state index in [2.05, 4.69) is 0 Å². The van der Waals surface area contributed by atoms with Gasteiger partial charge in [0, 0.05) is 15.8 Å². The molecule has 0 fully saturated rings. The first-order valence-electron chi connectivity index (χ1n) is 7.87. The standard InChI is InChI=1S/C19H18FNO2S2/c1-14(23-16-6-2-5-15(20)11-16)19(22)21(12-17-7-3-9-24-17)13-18-8-4-10-25-18/h2-11,14H,12-13H2,1H3. The Kier molecular flexibility index (Phi) is 5.83. The van der Waals surface area contributed by atoms with Crippen LogP contribution in [0.15, 0.2) is 59.3 Å². The Morgan fingerprint density at radius 3 is 2.24 bits per heavy atom. The number of carbonyl (C=O) groups is 1. The van der Waals surface area contributed by atoms with E-state index in [0.717, 1.165) is 9.75 Å². The van der Waals surface area contributed by atoms with Gasteiger partial charge in [0.2, 0.25) is 0 Å². The molecule has 0 spiro atoms. The van der Waals surface area contributed by atoms with E-state index in [1.165, 1.54) is 12.1 Å². The summed E-state index contributed by atoms with van der Waals surface area (Å²) in [6, 6.07) is 13.8. The molecule has 0 aliphatic carbocycles. The molecule has 0 N–H and O–H groups in total. The highest BCUT2D eigenvalue weighted by Crippen LogP contribution is 2.20. The van der Waals surface area contributed by atoms with Gasteiger partial charge < -0.3 is 9.64 Å². The molecule has 130 valence electrons. The topological polar surface area (TPSA) is 29.5 Å². The molecule has 6 heteroatoms. The molecule has 0 saturated heterocycles. The smallest absolute Gasteiger partial charge is 0.264 e. The Morgan fingerprint density at radius 1 is 1.08 bits per heavy atom. The maximum Gasteiger partial charge on any atom is 0.264 e. The fraction of sp³-hybridized carbons (Fsp3) is 0.211. The molecule has 2 aromatic heterocycles. The number of hydrogen-bond acceptors (Lipinski definition) is 4. The largest absolute Gasteiger partial charge is 0.481 e. The van der Waals surface area contributed by atoms with Gasteiger partial charge in [-0.05, 0) is 41.9 Å². The summed E-state index contributed by atoms with van der Waals surface area (Å²) in [5.41, 5.74) is 0. The van der Waals surface area contributed by atoms with Crippen molar-refractivity contribution in [2.75, 3.05) is 0 Å². The first-order chi connectivity index (χ1) is 12.1. The normalized spacial score (nSPS) is 11.9. The molecule has 1 atom stereocenters. The minimum Gasteiger partial charge on any atom is -0.481 e. The van der Waals surface area contributed by atoms with Crippen molar-refractivity contribution in [3.05, 3.63) is 74.9 Å². The van der Waals surface area contributed by atoms with Gasteiger partial charge >= 0.3 is 0 Å². The summed E-state index contributed by atoms with van der Waals surface area (Å²) < 4.78 is 19.0. The first kappa shape index (κ1) is 17.6. The van der Waals surface area contributed by atoms with E-state index in [1.807, 2.05) is 35.0 Å². The molecule has 2 heterocycles. The number of rotatable bonds is 7. The predicted molar refractivity (Wildman–Crippen MR) is 99.4 cm³/mol. The van der Waals surface area contributed by atoms with Crippen molar-refractivity contribution in [1.29, 1.82) is 0 Å². The number of benzene rings is 1. The highest BCUT2D eigenvalue weighted by molar-refractivity contribution is 7.10. The zero-order valence-electron chi connectivity index (χ0n) is 13.7. The van der Waals surface area contributed by atoms with Crippen molar-refractivity contribution in [2.45, 2.75) is 26.1 Å². The summed E-state index contributed by atoms with van der Waals surface area (Å²) in [6.45, 7) is 2.76. The van der Waals surface area contributed by atoms with Crippen LogP contribution >= 0.6 is 22.7 Å². The summed E-state index contributed by atoms with van der Waals surface area (Å²) in [5.74, 6) is -0.148.